The van der Waals surface area contributed by atoms with Crippen LogP contribution in [0.1, 0.15) is 12.8 Å². The van der Waals surface area contributed by atoms with E-state index in [4.69, 9.17) is 6.42 Å². The van der Waals surface area contributed by atoms with Crippen molar-refractivity contribution in [3.63, 3.8) is 0 Å². The van der Waals surface area contributed by atoms with Gasteiger partial charge in [-0.2, -0.15) is 0 Å². The van der Waals surface area contributed by atoms with Gasteiger partial charge in [-0.3, -0.25) is 4.98 Å². The Morgan fingerprint density at radius 2 is 2.11 bits per heavy atom. The third kappa shape index (κ3) is 3.11. The number of aromatic nitrogens is 1. The molecule has 0 aliphatic carbocycles. The second kappa shape index (κ2) is 5.83. The summed E-state index contributed by atoms with van der Waals surface area (Å²) in [6.07, 6.45) is 7.95. The molecule has 0 bridgehead atoms. The van der Waals surface area contributed by atoms with Crippen molar-refractivity contribution < 1.29 is 8.42 Å². The maximum absolute atomic E-state index is 12.2. The zero-order valence-corrected chi connectivity index (χ0v) is 11.2. The van der Waals surface area contributed by atoms with Crippen LogP contribution in [0.3, 0.4) is 0 Å². The van der Waals surface area contributed by atoms with Crippen molar-refractivity contribution in [3.8, 4) is 12.3 Å². The summed E-state index contributed by atoms with van der Waals surface area (Å²) in [7, 11) is -3.53. The minimum absolute atomic E-state index is 0.249. The van der Waals surface area contributed by atoms with Crippen LogP contribution >= 0.6 is 0 Å². The number of unbranched alkanes of at least 4 members (excludes halogenated alkanes) is 1. The molecule has 0 saturated heterocycles. The first-order valence-corrected chi connectivity index (χ1v) is 7.40. The molecule has 19 heavy (non-hydrogen) atoms. The molecule has 2 rings (SSSR count). The summed E-state index contributed by atoms with van der Waals surface area (Å²) in [6.45, 7) is 0.336. The number of rotatable bonds is 5. The zero-order chi connectivity index (χ0) is 13.7. The molecule has 1 heterocycles. The molecule has 0 aliphatic rings. The fraction of sp³-hybridized carbons (Fsp3) is 0.214. The molecule has 5 heteroatoms. The largest absolute Gasteiger partial charge is 0.256 e. The van der Waals surface area contributed by atoms with Gasteiger partial charge in [0, 0.05) is 24.5 Å². The van der Waals surface area contributed by atoms with Crippen LogP contribution in [-0.4, -0.2) is 19.9 Å². The second-order valence-corrected chi connectivity index (χ2v) is 5.77. The summed E-state index contributed by atoms with van der Waals surface area (Å²) in [5, 5.41) is 0.620. The Morgan fingerprint density at radius 1 is 1.26 bits per heavy atom. The molecule has 0 spiro atoms. The summed E-state index contributed by atoms with van der Waals surface area (Å²) in [5.74, 6) is 2.48. The van der Waals surface area contributed by atoms with Crippen LogP contribution in [0, 0.1) is 12.3 Å². The monoisotopic (exact) mass is 274 g/mol. The number of nitrogens with zero attached hydrogens (tertiary/aromatic N) is 1. The highest BCUT2D eigenvalue weighted by Crippen LogP contribution is 2.20. The summed E-state index contributed by atoms with van der Waals surface area (Å²) in [4.78, 5) is 4.40. The first-order chi connectivity index (χ1) is 9.15. The molecule has 1 N–H and O–H groups in total. The summed E-state index contributed by atoms with van der Waals surface area (Å²) >= 11 is 0. The van der Waals surface area contributed by atoms with Crippen molar-refractivity contribution in [3.05, 3.63) is 36.5 Å². The topological polar surface area (TPSA) is 59.1 Å². The van der Waals surface area contributed by atoms with Crippen LogP contribution < -0.4 is 4.72 Å². The van der Waals surface area contributed by atoms with Gasteiger partial charge in [0.1, 0.15) is 0 Å². The van der Waals surface area contributed by atoms with Gasteiger partial charge < -0.3 is 0 Å². The highest BCUT2D eigenvalue weighted by molar-refractivity contribution is 7.89. The molecule has 0 aliphatic heterocycles. The Morgan fingerprint density at radius 3 is 2.89 bits per heavy atom. The lowest BCUT2D eigenvalue weighted by Gasteiger charge is -2.08. The third-order valence-electron chi connectivity index (χ3n) is 2.69. The van der Waals surface area contributed by atoms with Gasteiger partial charge >= 0.3 is 0 Å². The fourth-order valence-corrected chi connectivity index (χ4v) is 3.07. The second-order valence-electron chi connectivity index (χ2n) is 4.03. The first kappa shape index (κ1) is 13.5. The highest BCUT2D eigenvalue weighted by atomic mass is 32.2. The van der Waals surface area contributed by atoms with E-state index in [1.54, 1.807) is 36.5 Å². The zero-order valence-electron chi connectivity index (χ0n) is 10.3. The Hall–Kier alpha value is -1.90. The maximum atomic E-state index is 12.2. The van der Waals surface area contributed by atoms with Crippen LogP contribution in [0.5, 0.6) is 0 Å². The molecule has 0 radical (unpaired) electrons. The van der Waals surface area contributed by atoms with Gasteiger partial charge in [-0.1, -0.05) is 6.07 Å². The van der Waals surface area contributed by atoms with Gasteiger partial charge in [0.25, 0.3) is 0 Å². The molecule has 0 unspecified atom stereocenters. The molecule has 98 valence electrons. The number of hydrogen-bond acceptors (Lipinski definition) is 3. The lowest BCUT2D eigenvalue weighted by Crippen LogP contribution is -2.25. The van der Waals surface area contributed by atoms with Crippen molar-refractivity contribution >= 4 is 20.9 Å². The Bertz CT molecular complexity index is 712. The molecular formula is C14H14N2O2S. The van der Waals surface area contributed by atoms with E-state index in [0.29, 0.717) is 30.3 Å². The molecule has 1 aromatic carbocycles. The summed E-state index contributed by atoms with van der Waals surface area (Å²) in [6, 6.07) is 8.52. The minimum atomic E-state index is -3.53. The molecular weight excluding hydrogens is 260 g/mol. The number of fused-ring (bicyclic) bond motifs is 1. The van der Waals surface area contributed by atoms with Crippen LogP contribution in [0.4, 0.5) is 0 Å². The van der Waals surface area contributed by atoms with Crippen LogP contribution in [0.25, 0.3) is 10.9 Å². The maximum Gasteiger partial charge on any atom is 0.241 e. The number of hydrogen-bond donors (Lipinski definition) is 1. The van der Waals surface area contributed by atoms with Crippen LogP contribution in [0.15, 0.2) is 41.4 Å². The quantitative estimate of drug-likeness (QED) is 0.669. The predicted molar refractivity (Wildman–Crippen MR) is 75.0 cm³/mol. The van der Waals surface area contributed by atoms with E-state index >= 15 is 0 Å². The molecule has 0 fully saturated rings. The normalized spacial score (nSPS) is 11.3. The molecule has 1 aromatic heterocycles. The van der Waals surface area contributed by atoms with E-state index in [0.717, 1.165) is 0 Å². The van der Waals surface area contributed by atoms with Gasteiger partial charge in [-0.05, 0) is 30.7 Å². The van der Waals surface area contributed by atoms with Gasteiger partial charge in [-0.15, -0.1) is 12.3 Å². The fourth-order valence-electron chi connectivity index (χ4n) is 1.78. The van der Waals surface area contributed by atoms with E-state index in [1.807, 2.05) is 0 Å². The number of nitrogens with one attached hydrogen (secondary N) is 1. The molecule has 0 atom stereocenters. The lowest BCUT2D eigenvalue weighted by molar-refractivity contribution is 0.580. The van der Waals surface area contributed by atoms with Crippen LogP contribution in [0.2, 0.25) is 0 Å². The van der Waals surface area contributed by atoms with E-state index in [-0.39, 0.29) is 4.90 Å². The average Bonchev–Trinajstić information content (AvgIpc) is 2.43. The van der Waals surface area contributed by atoms with Crippen molar-refractivity contribution in [1.82, 2.24) is 9.71 Å². The van der Waals surface area contributed by atoms with Gasteiger partial charge in [0.15, 0.2) is 0 Å². The molecule has 0 saturated carbocycles. The van der Waals surface area contributed by atoms with E-state index in [9.17, 15) is 8.42 Å². The third-order valence-corrected chi connectivity index (χ3v) is 4.20. The van der Waals surface area contributed by atoms with Crippen LogP contribution in [-0.2, 0) is 10.0 Å². The highest BCUT2D eigenvalue weighted by Gasteiger charge is 2.16. The molecule has 0 amide bonds. The number of benzene rings is 1. The Kier molecular flexibility index (Phi) is 4.15. The van der Waals surface area contributed by atoms with Gasteiger partial charge in [0.05, 0.1) is 10.4 Å². The standard InChI is InChI=1S/C14H14N2O2S/c1-2-3-4-11-16-19(17,18)14-9-5-8-13-12(14)7-6-10-15-13/h1,5-10,16H,3-4,11H2. The summed E-state index contributed by atoms with van der Waals surface area (Å²) in [5.41, 5.74) is 0.661. The van der Waals surface area contributed by atoms with Crippen molar-refractivity contribution in [2.24, 2.45) is 0 Å². The minimum Gasteiger partial charge on any atom is -0.256 e. The predicted octanol–water partition coefficient (Wildman–Crippen LogP) is 1.93. The van der Waals surface area contributed by atoms with E-state index < -0.39 is 10.0 Å². The summed E-state index contributed by atoms with van der Waals surface area (Å²) < 4.78 is 27.0. The van der Waals surface area contributed by atoms with Crippen molar-refractivity contribution in [2.45, 2.75) is 17.7 Å². The van der Waals surface area contributed by atoms with Gasteiger partial charge in [0.2, 0.25) is 10.0 Å². The SMILES string of the molecule is C#CCCCNS(=O)(=O)c1cccc2ncccc12. The van der Waals surface area contributed by atoms with Crippen molar-refractivity contribution in [2.75, 3.05) is 6.54 Å². The molecule has 2 aromatic rings. The lowest BCUT2D eigenvalue weighted by atomic mass is 10.2. The number of pyridine rings is 1. The van der Waals surface area contributed by atoms with E-state index in [1.165, 1.54) is 0 Å². The van der Waals surface area contributed by atoms with E-state index in [2.05, 4.69) is 15.6 Å². The Labute approximate surface area is 112 Å². The number of terminal acetylenes is 1. The Balaban J connectivity index is 2.31. The van der Waals surface area contributed by atoms with Gasteiger partial charge in [-0.25, -0.2) is 13.1 Å². The average molecular weight is 274 g/mol. The molecule has 4 nitrogen and oxygen atoms in total. The number of sulfonamides is 1. The van der Waals surface area contributed by atoms with Crippen molar-refractivity contribution in [1.29, 1.82) is 0 Å². The smallest absolute Gasteiger partial charge is 0.241 e. The first-order valence-electron chi connectivity index (χ1n) is 5.92.